The van der Waals surface area contributed by atoms with Crippen molar-refractivity contribution in [2.45, 2.75) is 56.4 Å². The summed E-state index contributed by atoms with van der Waals surface area (Å²) in [6.45, 7) is 0.0915. The van der Waals surface area contributed by atoms with Crippen LogP contribution < -0.4 is 5.32 Å². The summed E-state index contributed by atoms with van der Waals surface area (Å²) < 4.78 is 56.8. The number of carbonyl (C=O) groups excluding carboxylic acids is 1. The van der Waals surface area contributed by atoms with Gasteiger partial charge in [-0.15, -0.1) is 13.2 Å². The van der Waals surface area contributed by atoms with Crippen LogP contribution in [-0.4, -0.2) is 48.9 Å². The minimum atomic E-state index is -4.64. The second kappa shape index (κ2) is 9.78. The van der Waals surface area contributed by atoms with Gasteiger partial charge in [-0.3, -0.25) is 9.53 Å². The zero-order valence-electron chi connectivity index (χ0n) is 16.9. The first-order valence-electron chi connectivity index (χ1n) is 10.2. The molecule has 1 aromatic carbocycles. The Bertz CT molecular complexity index is 907. The Hall–Kier alpha value is -2.14. The lowest BCUT2D eigenvalue weighted by Gasteiger charge is -2.35. The smallest absolute Gasteiger partial charge is 0.368 e. The van der Waals surface area contributed by atoms with Gasteiger partial charge in [-0.2, -0.15) is 0 Å². The van der Waals surface area contributed by atoms with Gasteiger partial charge in [-0.1, -0.05) is 28.9 Å². The van der Waals surface area contributed by atoms with Gasteiger partial charge in [0.25, 0.3) is 0 Å². The summed E-state index contributed by atoms with van der Waals surface area (Å²) in [6.07, 6.45) is -4.64. The summed E-state index contributed by atoms with van der Waals surface area (Å²) in [7, 11) is 0. The molecule has 174 valence electrons. The van der Waals surface area contributed by atoms with E-state index < -0.39 is 18.6 Å². The average Bonchev–Trinajstić information content (AvgIpc) is 3.20. The number of nitrogens with zero attached hydrogens (tertiary/aromatic N) is 1. The second-order valence-electron chi connectivity index (χ2n) is 7.88. The average molecular weight is 475 g/mol. The predicted octanol–water partition coefficient (Wildman–Crippen LogP) is 4.42. The van der Waals surface area contributed by atoms with Crippen LogP contribution in [-0.2, 0) is 19.0 Å². The van der Waals surface area contributed by atoms with Gasteiger partial charge >= 0.3 is 6.36 Å². The number of carbonyl (C=O) groups is 1. The van der Waals surface area contributed by atoms with E-state index in [0.717, 1.165) is 5.56 Å². The summed E-state index contributed by atoms with van der Waals surface area (Å²) in [4.78, 5) is 12.1. The fourth-order valence-corrected chi connectivity index (χ4v) is 3.82. The Labute approximate surface area is 187 Å². The van der Waals surface area contributed by atoms with Gasteiger partial charge in [-0.05, 0) is 25.0 Å². The van der Waals surface area contributed by atoms with Crippen LogP contribution in [0, 0.1) is 0 Å². The van der Waals surface area contributed by atoms with Gasteiger partial charge in [-0.25, -0.2) is 0 Å². The number of alkyl halides is 3. The number of halogens is 4. The van der Waals surface area contributed by atoms with E-state index in [0.29, 0.717) is 35.9 Å². The first-order valence-corrected chi connectivity index (χ1v) is 10.6. The third-order valence-corrected chi connectivity index (χ3v) is 5.68. The molecular formula is C21H22ClF3N2O5. The second-order valence-corrected chi connectivity index (χ2v) is 8.31. The zero-order chi connectivity index (χ0) is 22.7. The molecule has 1 saturated heterocycles. The molecule has 32 heavy (non-hydrogen) atoms. The van der Waals surface area contributed by atoms with E-state index in [1.165, 1.54) is 0 Å². The van der Waals surface area contributed by atoms with Crippen molar-refractivity contribution in [2.24, 2.45) is 0 Å². The molecule has 2 heterocycles. The molecule has 1 aliphatic heterocycles. The third kappa shape index (κ3) is 6.22. The van der Waals surface area contributed by atoms with Gasteiger partial charge in [0.2, 0.25) is 5.91 Å². The summed E-state index contributed by atoms with van der Waals surface area (Å²) in [5, 5.41) is 7.54. The number of aromatic nitrogens is 1. The highest BCUT2D eigenvalue weighted by Gasteiger charge is 2.40. The molecule has 0 spiro atoms. The highest BCUT2D eigenvalue weighted by atomic mass is 35.5. The summed E-state index contributed by atoms with van der Waals surface area (Å²) in [5.74, 6) is 0.283. The molecule has 7 nitrogen and oxygen atoms in total. The maximum atomic E-state index is 12.1. The number of rotatable bonds is 7. The third-order valence-electron chi connectivity index (χ3n) is 5.43. The van der Waals surface area contributed by atoms with E-state index in [9.17, 15) is 18.0 Å². The molecule has 11 heteroatoms. The van der Waals surface area contributed by atoms with Crippen LogP contribution in [0.4, 0.5) is 13.2 Å². The van der Waals surface area contributed by atoms with Crippen LogP contribution in [0.3, 0.4) is 0 Å². The van der Waals surface area contributed by atoms with Crippen LogP contribution in [0.25, 0.3) is 11.3 Å². The summed E-state index contributed by atoms with van der Waals surface area (Å²) in [6, 6.07) is 8.91. The number of nitrogens with one attached hydrogen (secondary N) is 1. The van der Waals surface area contributed by atoms with Gasteiger partial charge in [0, 0.05) is 29.5 Å². The molecule has 2 aliphatic rings. The van der Waals surface area contributed by atoms with Gasteiger partial charge in [0.15, 0.2) is 5.76 Å². The Morgan fingerprint density at radius 3 is 2.59 bits per heavy atom. The molecule has 1 N–H and O–H groups in total. The SMILES string of the molecule is O=C(CO[C@H]1C[C@@H](OC(F)(F)F)C1)N[C@@H]1CC[C@@H](c2cc(-c3ccc(Cl)cc3)no2)OC1. The molecule has 1 amide bonds. The molecule has 1 aromatic heterocycles. The van der Waals surface area contributed by atoms with E-state index in [-0.39, 0.29) is 37.5 Å². The lowest BCUT2D eigenvalue weighted by Crippen LogP contribution is -2.45. The molecular weight excluding hydrogens is 453 g/mol. The van der Waals surface area contributed by atoms with Crippen LogP contribution in [0.2, 0.25) is 5.02 Å². The van der Waals surface area contributed by atoms with E-state index >= 15 is 0 Å². The molecule has 2 fully saturated rings. The van der Waals surface area contributed by atoms with Crippen LogP contribution >= 0.6 is 11.6 Å². The van der Waals surface area contributed by atoms with Gasteiger partial charge in [0.1, 0.15) is 18.4 Å². The standard InChI is InChI=1S/C21H22ClF3N2O5/c22-13-3-1-12(2-4-13)17-9-19(32-27-17)18-6-5-14(10-30-18)26-20(28)11-29-15-7-16(8-15)31-21(23,24)25/h1-4,9,14-16,18H,5-8,10-11H2,(H,26,28)/t14-,15-,16+,18+/m1/s1. The Balaban J connectivity index is 1.16. The molecule has 4 rings (SSSR count). The highest BCUT2D eigenvalue weighted by molar-refractivity contribution is 6.30. The monoisotopic (exact) mass is 474 g/mol. The Kier molecular flexibility index (Phi) is 7.04. The zero-order valence-corrected chi connectivity index (χ0v) is 17.7. The summed E-state index contributed by atoms with van der Waals surface area (Å²) >= 11 is 5.90. The topological polar surface area (TPSA) is 82.8 Å². The first kappa shape index (κ1) is 23.0. The molecule has 0 unspecified atom stereocenters. The van der Waals surface area contributed by atoms with Crippen LogP contribution in [0.15, 0.2) is 34.9 Å². The quantitative estimate of drug-likeness (QED) is 0.640. The van der Waals surface area contributed by atoms with E-state index in [1.807, 2.05) is 18.2 Å². The maximum absolute atomic E-state index is 12.1. The van der Waals surface area contributed by atoms with E-state index in [2.05, 4.69) is 15.2 Å². The molecule has 2 aromatic rings. The normalized spacial score (nSPS) is 25.9. The lowest BCUT2D eigenvalue weighted by atomic mass is 9.92. The molecule has 0 radical (unpaired) electrons. The molecule has 2 atom stereocenters. The van der Waals surface area contributed by atoms with E-state index in [1.54, 1.807) is 12.1 Å². The van der Waals surface area contributed by atoms with Gasteiger partial charge in [0.05, 0.1) is 24.9 Å². The molecule has 1 aliphatic carbocycles. The molecule has 1 saturated carbocycles. The minimum absolute atomic E-state index is 0.121. The number of hydrogen-bond acceptors (Lipinski definition) is 6. The Morgan fingerprint density at radius 1 is 1.19 bits per heavy atom. The first-order chi connectivity index (χ1) is 15.2. The van der Waals surface area contributed by atoms with Gasteiger partial charge < -0.3 is 19.3 Å². The lowest BCUT2D eigenvalue weighted by molar-refractivity contribution is -0.357. The van der Waals surface area contributed by atoms with Crippen LogP contribution in [0.5, 0.6) is 0 Å². The number of hydrogen-bond donors (Lipinski definition) is 1. The van der Waals surface area contributed by atoms with Crippen molar-refractivity contribution in [3.63, 3.8) is 0 Å². The fourth-order valence-electron chi connectivity index (χ4n) is 3.69. The van der Waals surface area contributed by atoms with Crippen molar-refractivity contribution in [3.8, 4) is 11.3 Å². The largest absolute Gasteiger partial charge is 0.522 e. The number of benzene rings is 1. The predicted molar refractivity (Wildman–Crippen MR) is 107 cm³/mol. The summed E-state index contributed by atoms with van der Waals surface area (Å²) in [5.41, 5.74) is 1.57. The van der Waals surface area contributed by atoms with E-state index in [4.69, 9.17) is 25.6 Å². The number of ether oxygens (including phenoxy) is 3. The van der Waals surface area contributed by atoms with Crippen molar-refractivity contribution in [1.82, 2.24) is 10.5 Å². The highest BCUT2D eigenvalue weighted by Crippen LogP contribution is 2.33. The number of amides is 1. The minimum Gasteiger partial charge on any atom is -0.368 e. The van der Waals surface area contributed by atoms with Crippen molar-refractivity contribution >= 4 is 17.5 Å². The molecule has 0 bridgehead atoms. The fraction of sp³-hybridized carbons (Fsp3) is 0.524. The van der Waals surface area contributed by atoms with Crippen molar-refractivity contribution in [2.75, 3.05) is 13.2 Å². The van der Waals surface area contributed by atoms with Crippen molar-refractivity contribution in [1.29, 1.82) is 0 Å². The van der Waals surface area contributed by atoms with Crippen LogP contribution in [0.1, 0.15) is 37.5 Å². The van der Waals surface area contributed by atoms with Crippen molar-refractivity contribution in [3.05, 3.63) is 41.1 Å². The van der Waals surface area contributed by atoms with Crippen molar-refractivity contribution < 1.29 is 36.7 Å². The maximum Gasteiger partial charge on any atom is 0.522 e. The Morgan fingerprint density at radius 2 is 1.94 bits per heavy atom.